The van der Waals surface area contributed by atoms with Crippen LogP contribution in [0.25, 0.3) is 0 Å². The van der Waals surface area contributed by atoms with E-state index in [0.29, 0.717) is 18.7 Å². The third-order valence-electron chi connectivity index (χ3n) is 2.92. The van der Waals surface area contributed by atoms with Gasteiger partial charge in [-0.15, -0.1) is 0 Å². The summed E-state index contributed by atoms with van der Waals surface area (Å²) in [5.74, 6) is -0.932. The van der Waals surface area contributed by atoms with E-state index in [1.807, 2.05) is 6.92 Å². The van der Waals surface area contributed by atoms with Crippen molar-refractivity contribution in [2.45, 2.75) is 19.4 Å². The fraction of sp³-hybridized carbons (Fsp3) is 0.385. The maximum atomic E-state index is 13.1. The molecule has 0 radical (unpaired) electrons. The quantitative estimate of drug-likeness (QED) is 0.871. The summed E-state index contributed by atoms with van der Waals surface area (Å²) in [5, 5.41) is 11.4. The summed E-state index contributed by atoms with van der Waals surface area (Å²) in [7, 11) is 0. The first-order valence-corrected chi connectivity index (χ1v) is 5.72. The average Bonchev–Trinajstić information content (AvgIpc) is 2.78. The Balaban J connectivity index is 2.06. The van der Waals surface area contributed by atoms with E-state index in [-0.39, 0.29) is 23.5 Å². The third-order valence-corrected chi connectivity index (χ3v) is 2.92. The van der Waals surface area contributed by atoms with Gasteiger partial charge in [0, 0.05) is 5.69 Å². The Morgan fingerprint density at radius 3 is 3.00 bits per heavy atom. The normalized spacial score (nSPS) is 22.5. The molecule has 1 aliphatic rings. The molecular weight excluding hydrogens is 235 g/mol. The zero-order valence-electron chi connectivity index (χ0n) is 9.94. The van der Waals surface area contributed by atoms with E-state index in [9.17, 15) is 9.18 Å². The van der Waals surface area contributed by atoms with E-state index < -0.39 is 5.82 Å². The summed E-state index contributed by atoms with van der Waals surface area (Å²) in [6.45, 7) is 2.32. The van der Waals surface area contributed by atoms with Gasteiger partial charge in [0.1, 0.15) is 11.9 Å². The largest absolute Gasteiger partial charge is 0.378 e. The lowest BCUT2D eigenvalue weighted by atomic mass is 10.1. The Morgan fingerprint density at radius 1 is 1.61 bits per heavy atom. The van der Waals surface area contributed by atoms with Crippen LogP contribution in [-0.4, -0.2) is 18.6 Å². The Morgan fingerprint density at radius 2 is 2.39 bits per heavy atom. The average molecular weight is 248 g/mol. The highest BCUT2D eigenvalue weighted by atomic mass is 19.1. The molecule has 0 spiro atoms. The van der Waals surface area contributed by atoms with Crippen LogP contribution in [0.15, 0.2) is 18.2 Å². The molecule has 1 aromatic rings. The number of ether oxygens (including phenoxy) is 1. The molecule has 1 N–H and O–H groups in total. The molecule has 4 nitrogen and oxygen atoms in total. The van der Waals surface area contributed by atoms with Crippen molar-refractivity contribution in [2.75, 3.05) is 11.9 Å². The van der Waals surface area contributed by atoms with Gasteiger partial charge in [0.15, 0.2) is 0 Å². The number of anilines is 1. The molecule has 0 saturated carbocycles. The van der Waals surface area contributed by atoms with Crippen LogP contribution >= 0.6 is 0 Å². The number of nitrogens with zero attached hydrogens (tertiary/aromatic N) is 1. The van der Waals surface area contributed by atoms with E-state index in [0.717, 1.165) is 0 Å². The molecule has 1 aliphatic heterocycles. The summed E-state index contributed by atoms with van der Waals surface area (Å²) >= 11 is 0. The molecule has 0 bridgehead atoms. The zero-order valence-corrected chi connectivity index (χ0v) is 9.94. The summed E-state index contributed by atoms with van der Waals surface area (Å²) in [4.78, 5) is 11.9. The Bertz CT molecular complexity index is 510. The van der Waals surface area contributed by atoms with Crippen LogP contribution in [0.4, 0.5) is 10.1 Å². The standard InChI is InChI=1S/C13H13FN2O2/c1-8-4-10(7-18-8)13(17)16-11-2-3-12(14)9(5-11)6-15/h2-3,5,8,10H,4,7H2,1H3,(H,16,17). The number of nitriles is 1. The number of hydrogen-bond donors (Lipinski definition) is 1. The number of rotatable bonds is 2. The fourth-order valence-corrected chi connectivity index (χ4v) is 1.93. The molecular formula is C13H13FN2O2. The van der Waals surface area contributed by atoms with E-state index in [1.165, 1.54) is 18.2 Å². The van der Waals surface area contributed by atoms with Crippen molar-refractivity contribution in [3.63, 3.8) is 0 Å². The van der Waals surface area contributed by atoms with Crippen LogP contribution in [0.3, 0.4) is 0 Å². The minimum atomic E-state index is -0.590. The minimum absolute atomic E-state index is 0.0798. The van der Waals surface area contributed by atoms with E-state index >= 15 is 0 Å². The van der Waals surface area contributed by atoms with Crippen LogP contribution in [0.1, 0.15) is 18.9 Å². The van der Waals surface area contributed by atoms with Crippen LogP contribution in [0, 0.1) is 23.1 Å². The fourth-order valence-electron chi connectivity index (χ4n) is 1.93. The number of carbonyl (C=O) groups excluding carboxylic acids is 1. The van der Waals surface area contributed by atoms with E-state index in [4.69, 9.17) is 10.00 Å². The number of nitrogens with one attached hydrogen (secondary N) is 1. The molecule has 5 heteroatoms. The second kappa shape index (κ2) is 5.15. The first-order valence-electron chi connectivity index (χ1n) is 5.72. The highest BCUT2D eigenvalue weighted by Gasteiger charge is 2.28. The molecule has 2 atom stereocenters. The van der Waals surface area contributed by atoms with Gasteiger partial charge in [0.25, 0.3) is 0 Å². The van der Waals surface area contributed by atoms with Gasteiger partial charge in [-0.2, -0.15) is 5.26 Å². The van der Waals surface area contributed by atoms with Gasteiger partial charge >= 0.3 is 0 Å². The highest BCUT2D eigenvalue weighted by Crippen LogP contribution is 2.21. The monoisotopic (exact) mass is 248 g/mol. The van der Waals surface area contributed by atoms with Gasteiger partial charge in [-0.1, -0.05) is 0 Å². The molecule has 1 saturated heterocycles. The lowest BCUT2D eigenvalue weighted by Gasteiger charge is -2.09. The van der Waals surface area contributed by atoms with Gasteiger partial charge in [0.2, 0.25) is 5.91 Å². The number of carbonyl (C=O) groups is 1. The van der Waals surface area contributed by atoms with Crippen molar-refractivity contribution in [2.24, 2.45) is 5.92 Å². The van der Waals surface area contributed by atoms with Crippen LogP contribution in [0.2, 0.25) is 0 Å². The molecule has 1 heterocycles. The van der Waals surface area contributed by atoms with Crippen molar-refractivity contribution in [3.8, 4) is 6.07 Å². The number of benzene rings is 1. The van der Waals surface area contributed by atoms with Gasteiger partial charge in [-0.05, 0) is 31.5 Å². The van der Waals surface area contributed by atoms with E-state index in [2.05, 4.69) is 5.32 Å². The van der Waals surface area contributed by atoms with Gasteiger partial charge in [0.05, 0.1) is 24.2 Å². The predicted octanol–water partition coefficient (Wildman–Crippen LogP) is 2.06. The van der Waals surface area contributed by atoms with Crippen molar-refractivity contribution in [1.82, 2.24) is 0 Å². The molecule has 1 aromatic carbocycles. The molecule has 2 unspecified atom stereocenters. The van der Waals surface area contributed by atoms with Gasteiger partial charge in [-0.3, -0.25) is 4.79 Å². The predicted molar refractivity (Wildman–Crippen MR) is 63.3 cm³/mol. The molecule has 0 aliphatic carbocycles. The molecule has 0 aromatic heterocycles. The van der Waals surface area contributed by atoms with Crippen LogP contribution < -0.4 is 5.32 Å². The Hall–Kier alpha value is -1.93. The summed E-state index contributed by atoms with van der Waals surface area (Å²) < 4.78 is 18.4. The second-order valence-electron chi connectivity index (χ2n) is 4.37. The highest BCUT2D eigenvalue weighted by molar-refractivity contribution is 5.93. The molecule has 94 valence electrons. The lowest BCUT2D eigenvalue weighted by molar-refractivity contribution is -0.119. The maximum Gasteiger partial charge on any atom is 0.229 e. The SMILES string of the molecule is CC1CC(C(=O)Nc2ccc(F)c(C#N)c2)CO1. The zero-order chi connectivity index (χ0) is 13.1. The van der Waals surface area contributed by atoms with Crippen molar-refractivity contribution < 1.29 is 13.9 Å². The smallest absolute Gasteiger partial charge is 0.229 e. The van der Waals surface area contributed by atoms with Gasteiger partial charge in [-0.25, -0.2) is 4.39 Å². The van der Waals surface area contributed by atoms with Crippen molar-refractivity contribution >= 4 is 11.6 Å². The van der Waals surface area contributed by atoms with Crippen molar-refractivity contribution in [3.05, 3.63) is 29.6 Å². The van der Waals surface area contributed by atoms with E-state index in [1.54, 1.807) is 6.07 Å². The maximum absolute atomic E-state index is 13.1. The number of halogens is 1. The minimum Gasteiger partial charge on any atom is -0.378 e. The Kier molecular flexibility index (Phi) is 3.58. The number of hydrogen-bond acceptors (Lipinski definition) is 3. The molecule has 1 amide bonds. The number of amides is 1. The van der Waals surface area contributed by atoms with Gasteiger partial charge < -0.3 is 10.1 Å². The second-order valence-corrected chi connectivity index (χ2v) is 4.37. The topological polar surface area (TPSA) is 62.1 Å². The third kappa shape index (κ3) is 2.66. The van der Waals surface area contributed by atoms with Crippen LogP contribution in [-0.2, 0) is 9.53 Å². The summed E-state index contributed by atoms with van der Waals surface area (Å²) in [6.07, 6.45) is 0.765. The summed E-state index contributed by atoms with van der Waals surface area (Å²) in [6, 6.07) is 5.67. The molecule has 18 heavy (non-hydrogen) atoms. The first-order chi connectivity index (χ1) is 8.60. The first kappa shape index (κ1) is 12.5. The van der Waals surface area contributed by atoms with Crippen molar-refractivity contribution in [1.29, 1.82) is 5.26 Å². The molecule has 2 rings (SSSR count). The lowest BCUT2D eigenvalue weighted by Crippen LogP contribution is -2.23. The molecule has 1 fully saturated rings. The van der Waals surface area contributed by atoms with Crippen LogP contribution in [0.5, 0.6) is 0 Å². The summed E-state index contributed by atoms with van der Waals surface area (Å²) in [5.41, 5.74) is 0.348. The Labute approximate surface area is 104 Å².